The van der Waals surface area contributed by atoms with E-state index in [1.807, 2.05) is 0 Å². The van der Waals surface area contributed by atoms with Gasteiger partial charge in [-0.25, -0.2) is 0 Å². The number of carbonyl (C=O) groups is 2. The van der Waals surface area contributed by atoms with Crippen molar-refractivity contribution in [2.45, 2.75) is 116 Å². The highest BCUT2D eigenvalue weighted by Gasteiger charge is 2.38. The molecule has 2 fully saturated rings. The molecule has 2 atom stereocenters. The quantitative estimate of drug-likeness (QED) is 0.328. The summed E-state index contributed by atoms with van der Waals surface area (Å²) in [6, 6.07) is 0. The first-order valence-corrected chi connectivity index (χ1v) is 11.6. The Labute approximate surface area is 165 Å². The Hall–Kier alpha value is -1.06. The third-order valence-corrected chi connectivity index (χ3v) is 6.20. The molecule has 0 amide bonds. The Morgan fingerprint density at radius 2 is 1.26 bits per heavy atom. The lowest BCUT2D eigenvalue weighted by atomic mass is 9.79. The lowest BCUT2D eigenvalue weighted by molar-refractivity contribution is -0.167. The van der Waals surface area contributed by atoms with Gasteiger partial charge in [-0.05, 0) is 44.9 Å². The third kappa shape index (κ3) is 8.23. The fourth-order valence-corrected chi connectivity index (χ4v) is 4.47. The number of rotatable bonds is 11. The summed E-state index contributed by atoms with van der Waals surface area (Å²) >= 11 is 0. The topological polar surface area (TPSA) is 52.6 Å². The van der Waals surface area contributed by atoms with Crippen LogP contribution < -0.4 is 0 Å². The van der Waals surface area contributed by atoms with Crippen molar-refractivity contribution in [1.82, 2.24) is 0 Å². The second-order valence-corrected chi connectivity index (χ2v) is 8.48. The normalized spacial score (nSPS) is 23.7. The summed E-state index contributed by atoms with van der Waals surface area (Å²) in [5, 5.41) is 0. The summed E-state index contributed by atoms with van der Waals surface area (Å²) in [6.45, 7) is 2.72. The predicted octanol–water partition coefficient (Wildman–Crippen LogP) is 5.96. The zero-order valence-corrected chi connectivity index (χ0v) is 17.4. The highest BCUT2D eigenvalue weighted by atomic mass is 16.5. The van der Waals surface area contributed by atoms with Gasteiger partial charge in [0.1, 0.15) is 6.10 Å². The number of ether oxygens (including phenoxy) is 2. The molecule has 0 aliphatic heterocycles. The third-order valence-electron chi connectivity index (χ3n) is 6.20. The maximum Gasteiger partial charge on any atom is 0.310 e. The maximum atomic E-state index is 12.7. The summed E-state index contributed by atoms with van der Waals surface area (Å²) in [7, 11) is 0. The lowest BCUT2D eigenvalue weighted by Crippen LogP contribution is -2.37. The van der Waals surface area contributed by atoms with Crippen LogP contribution >= 0.6 is 0 Å². The molecule has 0 heterocycles. The van der Waals surface area contributed by atoms with Crippen LogP contribution in [0.4, 0.5) is 0 Å². The smallest absolute Gasteiger partial charge is 0.310 e. The number of carbonyl (C=O) groups excluding carboxylic acids is 2. The molecular formula is C23H40O4. The van der Waals surface area contributed by atoms with E-state index in [2.05, 4.69) is 6.92 Å². The van der Waals surface area contributed by atoms with E-state index < -0.39 is 0 Å². The van der Waals surface area contributed by atoms with E-state index in [1.54, 1.807) is 0 Å². The van der Waals surface area contributed by atoms with Crippen LogP contribution in [-0.2, 0) is 19.1 Å². The van der Waals surface area contributed by atoms with Crippen molar-refractivity contribution >= 4 is 11.9 Å². The molecule has 4 heteroatoms. The van der Waals surface area contributed by atoms with E-state index in [0.29, 0.717) is 6.61 Å². The van der Waals surface area contributed by atoms with Crippen molar-refractivity contribution in [2.75, 3.05) is 6.61 Å². The maximum absolute atomic E-state index is 12.7. The minimum Gasteiger partial charge on any atom is -0.465 e. The predicted molar refractivity (Wildman–Crippen MR) is 107 cm³/mol. The van der Waals surface area contributed by atoms with Gasteiger partial charge in [0, 0.05) is 0 Å². The molecule has 0 aromatic heterocycles. The Balaban J connectivity index is 1.68. The van der Waals surface area contributed by atoms with Gasteiger partial charge in [0.15, 0.2) is 0 Å². The van der Waals surface area contributed by atoms with Gasteiger partial charge in [0.25, 0.3) is 0 Å². The molecular weight excluding hydrogens is 340 g/mol. The summed E-state index contributed by atoms with van der Waals surface area (Å²) in [6.07, 6.45) is 17.5. The Kier molecular flexibility index (Phi) is 10.8. The van der Waals surface area contributed by atoms with E-state index in [4.69, 9.17) is 9.47 Å². The fraction of sp³-hybridized carbons (Fsp3) is 0.913. The molecule has 2 aliphatic carbocycles. The molecule has 0 aromatic rings. The van der Waals surface area contributed by atoms with Crippen LogP contribution in [0.2, 0.25) is 0 Å². The van der Waals surface area contributed by atoms with E-state index in [-0.39, 0.29) is 29.9 Å². The molecule has 0 radical (unpaired) electrons. The van der Waals surface area contributed by atoms with Gasteiger partial charge in [0.2, 0.25) is 0 Å². The fourth-order valence-electron chi connectivity index (χ4n) is 4.47. The molecule has 0 bridgehead atoms. The first-order valence-electron chi connectivity index (χ1n) is 11.6. The highest BCUT2D eigenvalue weighted by molar-refractivity contribution is 5.82. The molecule has 0 saturated heterocycles. The summed E-state index contributed by atoms with van der Waals surface area (Å²) < 4.78 is 11.3. The average Bonchev–Trinajstić information content (AvgIpc) is 2.70. The number of hydrogen-bond acceptors (Lipinski definition) is 4. The Morgan fingerprint density at radius 3 is 1.93 bits per heavy atom. The standard InChI is InChI=1S/C23H40O4/c1-2-3-4-5-6-7-13-18-26-22(24)20-16-11-12-17-21(20)23(25)27-19-14-9-8-10-15-19/h19-21H,2-18H2,1H3. The van der Waals surface area contributed by atoms with Crippen molar-refractivity contribution in [2.24, 2.45) is 11.8 Å². The van der Waals surface area contributed by atoms with Crippen LogP contribution in [-0.4, -0.2) is 24.6 Å². The Morgan fingerprint density at radius 1 is 0.704 bits per heavy atom. The van der Waals surface area contributed by atoms with Gasteiger partial charge in [0.05, 0.1) is 18.4 Å². The minimum atomic E-state index is -0.292. The van der Waals surface area contributed by atoms with Crippen molar-refractivity contribution in [3.63, 3.8) is 0 Å². The van der Waals surface area contributed by atoms with Gasteiger partial charge in [-0.2, -0.15) is 0 Å². The van der Waals surface area contributed by atoms with Gasteiger partial charge >= 0.3 is 11.9 Å². The lowest BCUT2D eigenvalue weighted by Gasteiger charge is -2.30. The summed E-state index contributed by atoms with van der Waals surface area (Å²) in [5.41, 5.74) is 0. The first kappa shape index (κ1) is 22.2. The second kappa shape index (κ2) is 13.2. The second-order valence-electron chi connectivity index (χ2n) is 8.48. The molecule has 27 heavy (non-hydrogen) atoms. The van der Waals surface area contributed by atoms with E-state index in [9.17, 15) is 9.59 Å². The van der Waals surface area contributed by atoms with Crippen LogP contribution in [0.5, 0.6) is 0 Å². The van der Waals surface area contributed by atoms with Crippen molar-refractivity contribution in [1.29, 1.82) is 0 Å². The zero-order chi connectivity index (χ0) is 19.3. The SMILES string of the molecule is CCCCCCCCCOC(=O)C1CCCCC1C(=O)OC1CCCCC1. The largest absolute Gasteiger partial charge is 0.465 e. The zero-order valence-electron chi connectivity index (χ0n) is 17.4. The molecule has 156 valence electrons. The van der Waals surface area contributed by atoms with Crippen LogP contribution in [0, 0.1) is 11.8 Å². The number of hydrogen-bond donors (Lipinski definition) is 0. The van der Waals surface area contributed by atoms with E-state index in [1.165, 1.54) is 38.5 Å². The van der Waals surface area contributed by atoms with E-state index >= 15 is 0 Å². The number of esters is 2. The molecule has 2 unspecified atom stereocenters. The minimum absolute atomic E-state index is 0.0672. The van der Waals surface area contributed by atoms with E-state index in [0.717, 1.165) is 64.2 Å². The van der Waals surface area contributed by atoms with Crippen LogP contribution in [0.15, 0.2) is 0 Å². The van der Waals surface area contributed by atoms with Gasteiger partial charge < -0.3 is 9.47 Å². The van der Waals surface area contributed by atoms with Gasteiger partial charge in [-0.3, -0.25) is 9.59 Å². The Bertz CT molecular complexity index is 428. The molecule has 0 spiro atoms. The summed E-state index contributed by atoms with van der Waals surface area (Å²) in [5.74, 6) is -0.910. The molecule has 0 aromatic carbocycles. The average molecular weight is 381 g/mol. The van der Waals surface area contributed by atoms with Crippen LogP contribution in [0.3, 0.4) is 0 Å². The van der Waals surface area contributed by atoms with Crippen molar-refractivity contribution in [3.05, 3.63) is 0 Å². The van der Waals surface area contributed by atoms with Gasteiger partial charge in [-0.15, -0.1) is 0 Å². The highest BCUT2D eigenvalue weighted by Crippen LogP contribution is 2.33. The molecule has 2 saturated carbocycles. The first-order chi connectivity index (χ1) is 13.2. The van der Waals surface area contributed by atoms with Crippen LogP contribution in [0.1, 0.15) is 110 Å². The van der Waals surface area contributed by atoms with Crippen molar-refractivity contribution < 1.29 is 19.1 Å². The molecule has 0 N–H and O–H groups in total. The van der Waals surface area contributed by atoms with Gasteiger partial charge in [-0.1, -0.05) is 64.7 Å². The molecule has 4 nitrogen and oxygen atoms in total. The molecule has 2 aliphatic rings. The van der Waals surface area contributed by atoms with Crippen LogP contribution in [0.25, 0.3) is 0 Å². The monoisotopic (exact) mass is 380 g/mol. The van der Waals surface area contributed by atoms with Crippen molar-refractivity contribution in [3.8, 4) is 0 Å². The summed E-state index contributed by atoms with van der Waals surface area (Å²) in [4.78, 5) is 25.2. The molecule has 2 rings (SSSR count). The number of unbranched alkanes of at least 4 members (excludes halogenated alkanes) is 6.